The number of aryl methyl sites for hydroxylation is 1. The molecule has 1 aromatic heterocycles. The minimum Gasteiger partial charge on any atom is -0.491 e. The van der Waals surface area contributed by atoms with E-state index in [4.69, 9.17) is 4.74 Å². The van der Waals surface area contributed by atoms with Crippen molar-refractivity contribution in [1.29, 1.82) is 0 Å². The number of rotatable bonds is 7. The highest BCUT2D eigenvalue weighted by Crippen LogP contribution is 2.15. The minimum atomic E-state index is -1.03. The van der Waals surface area contributed by atoms with Crippen LogP contribution in [0.2, 0.25) is 0 Å². The fourth-order valence-corrected chi connectivity index (χ4v) is 1.90. The first-order valence-corrected chi connectivity index (χ1v) is 7.38. The Labute approximate surface area is 138 Å². The van der Waals surface area contributed by atoms with E-state index in [1.54, 1.807) is 6.20 Å². The van der Waals surface area contributed by atoms with Crippen LogP contribution in [0.5, 0.6) is 5.75 Å². The normalized spacial score (nSPS) is 11.8. The SMILES string of the molecule is Cc1ccc(CC(=O)NCC(O)COc2ccc(F)c(F)c2)cn1. The Hall–Kier alpha value is -2.54. The Bertz CT molecular complexity index is 693. The van der Waals surface area contributed by atoms with Gasteiger partial charge < -0.3 is 15.2 Å². The molecule has 1 aromatic carbocycles. The van der Waals surface area contributed by atoms with Gasteiger partial charge in [-0.2, -0.15) is 0 Å². The van der Waals surface area contributed by atoms with Crippen LogP contribution in [0.4, 0.5) is 8.78 Å². The summed E-state index contributed by atoms with van der Waals surface area (Å²) in [6, 6.07) is 6.71. The molecule has 0 bridgehead atoms. The average molecular weight is 336 g/mol. The molecule has 2 aromatic rings. The van der Waals surface area contributed by atoms with Crippen LogP contribution in [0.15, 0.2) is 36.5 Å². The van der Waals surface area contributed by atoms with E-state index in [0.717, 1.165) is 23.4 Å². The molecule has 128 valence electrons. The number of benzene rings is 1. The Balaban J connectivity index is 1.72. The second-order valence-electron chi connectivity index (χ2n) is 5.33. The third-order valence-electron chi connectivity index (χ3n) is 3.21. The summed E-state index contributed by atoms with van der Waals surface area (Å²) < 4.78 is 30.9. The van der Waals surface area contributed by atoms with Crippen LogP contribution in [-0.4, -0.2) is 35.3 Å². The van der Waals surface area contributed by atoms with Gasteiger partial charge in [-0.05, 0) is 30.7 Å². The number of nitrogens with zero attached hydrogens (tertiary/aromatic N) is 1. The van der Waals surface area contributed by atoms with E-state index in [9.17, 15) is 18.7 Å². The van der Waals surface area contributed by atoms with Crippen molar-refractivity contribution in [2.45, 2.75) is 19.4 Å². The number of ether oxygens (including phenoxy) is 1. The first-order valence-electron chi connectivity index (χ1n) is 7.38. The van der Waals surface area contributed by atoms with Crippen LogP contribution in [0, 0.1) is 18.6 Å². The molecule has 5 nitrogen and oxygen atoms in total. The third kappa shape index (κ3) is 5.58. The van der Waals surface area contributed by atoms with Crippen LogP contribution >= 0.6 is 0 Å². The van der Waals surface area contributed by atoms with Crippen molar-refractivity contribution in [3.63, 3.8) is 0 Å². The summed E-state index contributed by atoms with van der Waals surface area (Å²) in [7, 11) is 0. The van der Waals surface area contributed by atoms with Crippen LogP contribution in [0.1, 0.15) is 11.3 Å². The molecule has 1 atom stereocenters. The highest BCUT2D eigenvalue weighted by Gasteiger charge is 2.10. The number of carbonyl (C=O) groups is 1. The van der Waals surface area contributed by atoms with Gasteiger partial charge in [0.15, 0.2) is 11.6 Å². The largest absolute Gasteiger partial charge is 0.491 e. The number of aliphatic hydroxyl groups excluding tert-OH is 1. The first-order chi connectivity index (χ1) is 11.4. The molecule has 1 unspecified atom stereocenters. The molecule has 2 N–H and O–H groups in total. The van der Waals surface area contributed by atoms with E-state index in [0.29, 0.717) is 0 Å². The maximum Gasteiger partial charge on any atom is 0.224 e. The van der Waals surface area contributed by atoms with Gasteiger partial charge in [0.1, 0.15) is 18.5 Å². The summed E-state index contributed by atoms with van der Waals surface area (Å²) in [4.78, 5) is 15.9. The molecule has 0 aliphatic heterocycles. The van der Waals surface area contributed by atoms with Crippen molar-refractivity contribution < 1.29 is 23.4 Å². The van der Waals surface area contributed by atoms with Crippen LogP contribution in [0.3, 0.4) is 0 Å². The van der Waals surface area contributed by atoms with Gasteiger partial charge in [0.05, 0.1) is 6.42 Å². The van der Waals surface area contributed by atoms with E-state index in [1.165, 1.54) is 6.07 Å². The monoisotopic (exact) mass is 336 g/mol. The molecular weight excluding hydrogens is 318 g/mol. The molecule has 0 spiro atoms. The van der Waals surface area contributed by atoms with Gasteiger partial charge in [0.2, 0.25) is 5.91 Å². The van der Waals surface area contributed by atoms with Crippen molar-refractivity contribution in [3.05, 3.63) is 59.4 Å². The van der Waals surface area contributed by atoms with Crippen LogP contribution in [-0.2, 0) is 11.2 Å². The summed E-state index contributed by atoms with van der Waals surface area (Å²) in [5.41, 5.74) is 1.63. The Morgan fingerprint density at radius 2 is 2.08 bits per heavy atom. The molecule has 0 saturated carbocycles. The number of hydrogen-bond acceptors (Lipinski definition) is 4. The molecule has 1 heterocycles. The van der Waals surface area contributed by atoms with Gasteiger partial charge in [0, 0.05) is 24.5 Å². The lowest BCUT2D eigenvalue weighted by Gasteiger charge is -2.13. The lowest BCUT2D eigenvalue weighted by Crippen LogP contribution is -2.36. The topological polar surface area (TPSA) is 71.5 Å². The fraction of sp³-hybridized carbons (Fsp3) is 0.294. The van der Waals surface area contributed by atoms with Crippen molar-refractivity contribution in [2.24, 2.45) is 0 Å². The molecule has 7 heteroatoms. The summed E-state index contributed by atoms with van der Waals surface area (Å²) >= 11 is 0. The molecule has 0 aliphatic rings. The van der Waals surface area contributed by atoms with Crippen molar-refractivity contribution in [1.82, 2.24) is 10.3 Å². The molecule has 1 amide bonds. The van der Waals surface area contributed by atoms with Crippen molar-refractivity contribution in [3.8, 4) is 5.75 Å². The maximum absolute atomic E-state index is 13.0. The standard InChI is InChI=1S/C17H18F2N2O3/c1-11-2-3-12(8-20-11)6-17(23)21-9-13(22)10-24-14-4-5-15(18)16(19)7-14/h2-5,7-8,13,22H,6,9-10H2,1H3,(H,21,23). The van der Waals surface area contributed by atoms with Crippen LogP contribution in [0.25, 0.3) is 0 Å². The second kappa shape index (κ2) is 8.35. The number of carbonyl (C=O) groups excluding carboxylic acids is 1. The summed E-state index contributed by atoms with van der Waals surface area (Å²) in [5, 5.41) is 12.3. The quantitative estimate of drug-likeness (QED) is 0.808. The van der Waals surface area contributed by atoms with Gasteiger partial charge in [-0.15, -0.1) is 0 Å². The third-order valence-corrected chi connectivity index (χ3v) is 3.21. The number of halogens is 2. The van der Waals surface area contributed by atoms with Gasteiger partial charge in [-0.3, -0.25) is 9.78 Å². The van der Waals surface area contributed by atoms with Crippen molar-refractivity contribution >= 4 is 5.91 Å². The zero-order valence-electron chi connectivity index (χ0n) is 13.1. The van der Waals surface area contributed by atoms with E-state index < -0.39 is 17.7 Å². The first kappa shape index (κ1) is 17.8. The van der Waals surface area contributed by atoms with Gasteiger partial charge in [-0.25, -0.2) is 8.78 Å². The number of aliphatic hydroxyl groups is 1. The molecule has 2 rings (SSSR count). The molecule has 0 aliphatic carbocycles. The summed E-state index contributed by atoms with van der Waals surface area (Å²) in [6.45, 7) is 1.69. The smallest absolute Gasteiger partial charge is 0.224 e. The lowest BCUT2D eigenvalue weighted by atomic mass is 10.2. The second-order valence-corrected chi connectivity index (χ2v) is 5.33. The van der Waals surface area contributed by atoms with Crippen LogP contribution < -0.4 is 10.1 Å². The van der Waals surface area contributed by atoms with Gasteiger partial charge in [0.25, 0.3) is 0 Å². The van der Waals surface area contributed by atoms with Gasteiger partial charge >= 0.3 is 0 Å². The predicted molar refractivity (Wildman–Crippen MR) is 83.5 cm³/mol. The highest BCUT2D eigenvalue weighted by molar-refractivity contribution is 5.78. The highest BCUT2D eigenvalue weighted by atomic mass is 19.2. The van der Waals surface area contributed by atoms with E-state index >= 15 is 0 Å². The number of aromatic nitrogens is 1. The molecule has 0 fully saturated rings. The lowest BCUT2D eigenvalue weighted by molar-refractivity contribution is -0.121. The molecule has 0 saturated heterocycles. The fourth-order valence-electron chi connectivity index (χ4n) is 1.90. The zero-order valence-corrected chi connectivity index (χ0v) is 13.1. The number of amides is 1. The summed E-state index contributed by atoms with van der Waals surface area (Å²) in [6.07, 6.45) is 0.805. The number of nitrogens with one attached hydrogen (secondary N) is 1. The Kier molecular flexibility index (Phi) is 6.20. The molecular formula is C17H18F2N2O3. The minimum absolute atomic E-state index is 0.0121. The van der Waals surface area contributed by atoms with Gasteiger partial charge in [-0.1, -0.05) is 6.07 Å². The maximum atomic E-state index is 13.0. The Morgan fingerprint density at radius 1 is 1.29 bits per heavy atom. The Morgan fingerprint density at radius 3 is 2.75 bits per heavy atom. The average Bonchev–Trinajstić information content (AvgIpc) is 2.56. The van der Waals surface area contributed by atoms with E-state index in [1.807, 2.05) is 19.1 Å². The number of pyridine rings is 1. The van der Waals surface area contributed by atoms with Crippen molar-refractivity contribution in [2.75, 3.05) is 13.2 Å². The molecule has 0 radical (unpaired) electrons. The van der Waals surface area contributed by atoms with E-state index in [-0.39, 0.29) is 31.2 Å². The predicted octanol–water partition coefficient (Wildman–Crippen LogP) is 1.77. The van der Waals surface area contributed by atoms with E-state index in [2.05, 4.69) is 10.3 Å². The summed E-state index contributed by atoms with van der Waals surface area (Å²) in [5.74, 6) is -2.15. The number of hydrogen-bond donors (Lipinski definition) is 2. The zero-order chi connectivity index (χ0) is 17.5. The molecule has 24 heavy (non-hydrogen) atoms.